The molecule has 0 atom stereocenters. The largest absolute Gasteiger partial charge is 0.481 e. The van der Waals surface area contributed by atoms with Crippen LogP contribution in [0.1, 0.15) is 90.3 Å². The second kappa shape index (κ2) is 34.2. The summed E-state index contributed by atoms with van der Waals surface area (Å²) in [5, 5.41) is 39.8. The molecule has 120 heavy (non-hydrogen) atoms. The first-order valence-corrected chi connectivity index (χ1v) is 36.6. The smallest absolute Gasteiger partial charge is 0.416 e. The molecule has 0 amide bonds. The Morgan fingerprint density at radius 2 is 0.642 bits per heavy atom. The summed E-state index contributed by atoms with van der Waals surface area (Å²) in [6.45, 7) is 8.51. The van der Waals surface area contributed by atoms with Gasteiger partial charge >= 0.3 is 48.6 Å². The summed E-state index contributed by atoms with van der Waals surface area (Å²) in [5.41, 5.74) is 7.67. The van der Waals surface area contributed by atoms with Crippen molar-refractivity contribution >= 4 is 67.5 Å². The van der Waals surface area contributed by atoms with E-state index < -0.39 is 70.8 Å². The van der Waals surface area contributed by atoms with Gasteiger partial charge in [-0.25, -0.2) is 19.9 Å². The molecule has 8 aromatic carbocycles. The number of halogens is 12. The highest BCUT2D eigenvalue weighted by atomic mass is 19.4. The molecule has 16 aromatic rings. The molecule has 32 heteroatoms. The summed E-state index contributed by atoms with van der Waals surface area (Å²) in [4.78, 5) is 61.6. The summed E-state index contributed by atoms with van der Waals surface area (Å²) >= 11 is 0. The Morgan fingerprint density at radius 3 is 1.05 bits per heavy atom. The summed E-state index contributed by atoms with van der Waals surface area (Å²) < 4.78 is 184. The normalized spacial score (nSPS) is 11.9. The van der Waals surface area contributed by atoms with Crippen LogP contribution in [0.5, 0.6) is 0 Å². The van der Waals surface area contributed by atoms with Crippen LogP contribution in [0.15, 0.2) is 237 Å². The van der Waals surface area contributed by atoms with Crippen molar-refractivity contribution in [1.29, 1.82) is 0 Å². The minimum absolute atomic E-state index is 0.0428. The average molecular weight is 1660 g/mol. The number of para-hydroxylation sites is 1. The number of fused-ring (bicyclic) bond motifs is 4. The molecule has 8 aromatic heterocycles. The molecule has 616 valence electrons. The van der Waals surface area contributed by atoms with Crippen LogP contribution < -0.4 is 0 Å². The fourth-order valence-corrected chi connectivity index (χ4v) is 13.5. The topological polar surface area (TPSA) is 273 Å². The molecule has 0 spiro atoms. The number of rotatable bonds is 20. The number of hydrogen-bond donors (Lipinski definition) is 4. The second-order valence-corrected chi connectivity index (χ2v) is 28.0. The molecule has 0 saturated carbocycles. The van der Waals surface area contributed by atoms with Crippen molar-refractivity contribution in [3.63, 3.8) is 0 Å². The Balaban J connectivity index is 0.000000138. The van der Waals surface area contributed by atoms with E-state index in [-0.39, 0.29) is 49.2 Å². The van der Waals surface area contributed by atoms with Gasteiger partial charge in [-0.15, -0.1) is 0 Å². The van der Waals surface area contributed by atoms with Crippen molar-refractivity contribution < 1.29 is 110 Å². The fraction of sp³-hybridized carbons (Fsp3) is 0.182. The highest BCUT2D eigenvalue weighted by Gasteiger charge is 2.34. The monoisotopic (exact) mass is 1660 g/mol. The first-order valence-electron chi connectivity index (χ1n) is 36.6. The lowest BCUT2D eigenvalue weighted by Gasteiger charge is -2.08. The Hall–Kier alpha value is -14.2. The van der Waals surface area contributed by atoms with E-state index in [1.165, 1.54) is 48.5 Å². The van der Waals surface area contributed by atoms with Crippen molar-refractivity contribution in [3.05, 3.63) is 309 Å². The van der Waals surface area contributed by atoms with E-state index in [2.05, 4.69) is 19.9 Å². The average Bonchev–Trinajstić information content (AvgIpc) is 1.65. The molecular weight excluding hydrogens is 1590 g/mol. The van der Waals surface area contributed by atoms with Gasteiger partial charge in [-0.1, -0.05) is 48.5 Å². The zero-order valence-corrected chi connectivity index (χ0v) is 63.6. The van der Waals surface area contributed by atoms with E-state index in [1.54, 1.807) is 58.0 Å². The molecule has 0 aliphatic carbocycles. The van der Waals surface area contributed by atoms with Gasteiger partial charge in [0.1, 0.15) is 23.0 Å². The number of aliphatic carboxylic acids is 4. The lowest BCUT2D eigenvalue weighted by atomic mass is 10.1. The number of aromatic nitrogens is 8. The first-order chi connectivity index (χ1) is 56.8. The second-order valence-electron chi connectivity index (χ2n) is 28.0. The highest BCUT2D eigenvalue weighted by Crippen LogP contribution is 2.38. The zero-order valence-electron chi connectivity index (χ0n) is 63.6. The molecule has 0 saturated heterocycles. The lowest BCUT2D eigenvalue weighted by molar-refractivity contribution is -0.138. The van der Waals surface area contributed by atoms with Crippen molar-refractivity contribution in [2.75, 3.05) is 0 Å². The van der Waals surface area contributed by atoms with Gasteiger partial charge in [0.25, 0.3) is 0 Å². The van der Waals surface area contributed by atoms with Crippen molar-refractivity contribution in [1.82, 2.24) is 38.2 Å². The number of aryl methyl sites for hydroxylation is 4. The van der Waals surface area contributed by atoms with Crippen LogP contribution in [0.2, 0.25) is 0 Å². The number of carbonyl (C=O) groups is 4. The molecule has 0 bridgehead atoms. The predicted octanol–water partition coefficient (Wildman–Crippen LogP) is 21.2. The summed E-state index contributed by atoms with van der Waals surface area (Å²) in [5.74, 6) is -0.324. The van der Waals surface area contributed by atoms with Crippen molar-refractivity contribution in [2.24, 2.45) is 0 Å². The first kappa shape index (κ1) is 83.7. The van der Waals surface area contributed by atoms with Crippen LogP contribution in [-0.2, 0) is 95.7 Å². The summed E-state index contributed by atoms with van der Waals surface area (Å²) in [6, 6.07) is 48.1. The van der Waals surface area contributed by atoms with Gasteiger partial charge in [0.2, 0.25) is 23.6 Å². The molecule has 20 nitrogen and oxygen atoms in total. The van der Waals surface area contributed by atoms with E-state index in [0.717, 1.165) is 97.7 Å². The number of carboxylic acids is 4. The van der Waals surface area contributed by atoms with Crippen molar-refractivity contribution in [3.8, 4) is 45.8 Å². The van der Waals surface area contributed by atoms with Crippen LogP contribution in [-0.4, -0.2) is 82.5 Å². The van der Waals surface area contributed by atoms with E-state index >= 15 is 0 Å². The van der Waals surface area contributed by atoms with E-state index in [9.17, 15) is 77.0 Å². The summed E-state index contributed by atoms with van der Waals surface area (Å²) in [6.07, 6.45) is -10.4. The SMILES string of the molecule is Cc1nc(-c2ccc(C(F)(F)F)cc2)oc1Cn1ccc2c(CC(=O)O)cccc21.Cc1nc(-c2ccc(C(F)(F)F)cc2)oc1Cn1ccc2cc(CC(=O)O)ccc21.Cc1nc(-c2ccc(C(F)(F)F)cc2)oc1Cn1ccc2ccc(CC(=O)O)cc21.Cc1nc(-c2ccc(C(F)(F)F)cc2)oc1Cn1ccc2cccc(CC(=O)O)c21. The minimum atomic E-state index is -4.40. The van der Waals surface area contributed by atoms with Gasteiger partial charge in [-0.3, -0.25) is 19.2 Å². The van der Waals surface area contributed by atoms with Gasteiger partial charge in [-0.2, -0.15) is 52.7 Å². The van der Waals surface area contributed by atoms with Crippen LogP contribution in [0.3, 0.4) is 0 Å². The Labute approximate surface area is 672 Å². The Morgan fingerprint density at radius 1 is 0.317 bits per heavy atom. The number of nitrogens with zero attached hydrogens (tertiary/aromatic N) is 8. The number of benzene rings is 8. The Bertz CT molecular complexity index is 6330. The van der Waals surface area contributed by atoms with E-state index in [4.69, 9.17) is 33.0 Å². The number of oxazole rings is 4. The molecule has 0 fully saturated rings. The third-order valence-electron chi connectivity index (χ3n) is 19.5. The number of alkyl halides is 12. The van der Waals surface area contributed by atoms with Crippen LogP contribution in [0, 0.1) is 27.7 Å². The summed E-state index contributed by atoms with van der Waals surface area (Å²) in [7, 11) is 0. The lowest BCUT2D eigenvalue weighted by Crippen LogP contribution is -2.05. The predicted molar refractivity (Wildman–Crippen MR) is 416 cm³/mol. The third-order valence-corrected chi connectivity index (χ3v) is 19.5. The van der Waals surface area contributed by atoms with Crippen LogP contribution in [0.4, 0.5) is 52.7 Å². The number of hydrogen-bond acceptors (Lipinski definition) is 12. The van der Waals surface area contributed by atoms with Gasteiger partial charge in [0, 0.05) is 69.0 Å². The Kier molecular flexibility index (Phi) is 23.8. The van der Waals surface area contributed by atoms with Crippen LogP contribution >= 0.6 is 0 Å². The molecular formula is C88H68F12N8O12. The maximum absolute atomic E-state index is 12.8. The maximum atomic E-state index is 12.8. The van der Waals surface area contributed by atoms with Crippen LogP contribution in [0.25, 0.3) is 89.4 Å². The third kappa shape index (κ3) is 19.7. The standard InChI is InChI=1S/4C22H17F3N2O3/c1-13-19(30-21(26-13)15-3-5-17(6-4-15)22(23,24)25)12-27-9-8-16-10-14(11-20(28)29)2-7-18(16)27;1-13-19(30-21(26-13)16-4-6-17(7-5-16)22(23,24)25)12-27-9-8-15-3-2-14(10-18(15)27)11-20(28)29;1-13-19(30-21(26-13)14-5-7-16(8-6-14)22(23,24)25)12-27-10-9-17-15(11-20(28)29)3-2-4-18(17)27;1-13-18(30-21(26-13)15-5-7-17(8-6-15)22(23,24)25)12-27-10-9-14-3-2-4-16(20(14)27)11-19(28)29/h4*2-10H,11-12H2,1H3,(H,28,29). The van der Waals surface area contributed by atoms with Gasteiger partial charge in [0.05, 0.1) is 102 Å². The molecule has 16 rings (SSSR count). The highest BCUT2D eigenvalue weighted by molar-refractivity contribution is 5.89. The quantitative estimate of drug-likeness (QED) is 0.0516. The molecule has 0 aliphatic heterocycles. The van der Waals surface area contributed by atoms with Gasteiger partial charge in [-0.05, 0) is 212 Å². The molecule has 4 N–H and O–H groups in total. The van der Waals surface area contributed by atoms with E-state index in [1.807, 2.05) is 110 Å². The maximum Gasteiger partial charge on any atom is 0.416 e. The zero-order chi connectivity index (χ0) is 85.9. The van der Waals surface area contributed by atoms with Crippen molar-refractivity contribution in [2.45, 2.75) is 104 Å². The molecule has 0 unspecified atom stereocenters. The number of carboxylic acid groups (broad SMARTS) is 4. The fourth-order valence-electron chi connectivity index (χ4n) is 13.5. The molecule has 8 heterocycles. The minimum Gasteiger partial charge on any atom is -0.481 e. The molecule has 0 radical (unpaired) electrons. The van der Waals surface area contributed by atoms with Gasteiger partial charge < -0.3 is 56.4 Å². The van der Waals surface area contributed by atoms with Gasteiger partial charge in [0.15, 0.2) is 0 Å². The molecule has 0 aliphatic rings. The van der Waals surface area contributed by atoms with E-state index in [0.29, 0.717) is 111 Å².